The first kappa shape index (κ1) is 12.9. The highest BCUT2D eigenvalue weighted by Gasteiger charge is 2.20. The van der Waals surface area contributed by atoms with Crippen LogP contribution in [-0.4, -0.2) is 27.2 Å². The molecule has 1 aromatic rings. The van der Waals surface area contributed by atoms with Crippen LogP contribution in [0.3, 0.4) is 0 Å². The maximum atomic E-state index is 12.8. The van der Waals surface area contributed by atoms with Gasteiger partial charge in [0, 0.05) is 0 Å². The minimum absolute atomic E-state index is 0.218. The fraction of sp³-hybridized carbons (Fsp3) is 0.222. The Balaban J connectivity index is 3.08. The fourth-order valence-corrected chi connectivity index (χ4v) is 2.38. The van der Waals surface area contributed by atoms with E-state index < -0.39 is 27.4 Å². The van der Waals surface area contributed by atoms with E-state index in [2.05, 4.69) is 4.74 Å². The lowest BCUT2D eigenvalue weighted by Gasteiger charge is -2.03. The molecule has 0 atom stereocenters. The van der Waals surface area contributed by atoms with Crippen molar-refractivity contribution in [1.82, 2.24) is 0 Å². The van der Waals surface area contributed by atoms with Crippen LogP contribution in [0.5, 0.6) is 0 Å². The minimum atomic E-state index is -3.84. The summed E-state index contributed by atoms with van der Waals surface area (Å²) in [5.74, 6) is -2.41. The summed E-state index contributed by atoms with van der Waals surface area (Å²) in [5.41, 5.74) is 0. The van der Waals surface area contributed by atoms with Gasteiger partial charge in [-0.1, -0.05) is 11.6 Å². The van der Waals surface area contributed by atoms with Crippen LogP contribution in [0.4, 0.5) is 4.39 Å². The van der Waals surface area contributed by atoms with Gasteiger partial charge in [0.25, 0.3) is 0 Å². The second-order valence-corrected chi connectivity index (χ2v) is 5.31. The predicted molar refractivity (Wildman–Crippen MR) is 55.5 cm³/mol. The van der Waals surface area contributed by atoms with Crippen molar-refractivity contribution in [3.05, 3.63) is 29.0 Å². The molecule has 1 aromatic carbocycles. The van der Waals surface area contributed by atoms with Gasteiger partial charge in [0.05, 0.1) is 17.0 Å². The number of sulfone groups is 1. The van der Waals surface area contributed by atoms with Crippen molar-refractivity contribution in [3.63, 3.8) is 0 Å². The minimum Gasteiger partial charge on any atom is -0.468 e. The molecule has 4 nitrogen and oxygen atoms in total. The van der Waals surface area contributed by atoms with Gasteiger partial charge in [0.2, 0.25) is 0 Å². The Morgan fingerprint density at radius 2 is 2.12 bits per heavy atom. The van der Waals surface area contributed by atoms with Crippen molar-refractivity contribution in [2.24, 2.45) is 0 Å². The van der Waals surface area contributed by atoms with E-state index in [4.69, 9.17) is 11.6 Å². The number of rotatable bonds is 3. The fourth-order valence-electron chi connectivity index (χ4n) is 0.968. The smallest absolute Gasteiger partial charge is 0.321 e. The van der Waals surface area contributed by atoms with E-state index in [1.807, 2.05) is 0 Å². The summed E-state index contributed by atoms with van der Waals surface area (Å²) < 4.78 is 40.2. The zero-order valence-electron chi connectivity index (χ0n) is 8.24. The van der Waals surface area contributed by atoms with Gasteiger partial charge in [0.15, 0.2) is 15.6 Å². The first-order valence-electron chi connectivity index (χ1n) is 4.11. The summed E-state index contributed by atoms with van der Waals surface area (Å²) in [7, 11) is -2.76. The van der Waals surface area contributed by atoms with Gasteiger partial charge in [-0.25, -0.2) is 12.8 Å². The third-order valence-electron chi connectivity index (χ3n) is 1.79. The number of methoxy groups -OCH3 is 1. The average molecular weight is 267 g/mol. The summed E-state index contributed by atoms with van der Waals surface area (Å²) in [6, 6.07) is 2.92. The van der Waals surface area contributed by atoms with Crippen molar-refractivity contribution in [2.75, 3.05) is 12.9 Å². The SMILES string of the molecule is COC(=O)CS(=O)(=O)c1ccc(F)c(Cl)c1. The maximum Gasteiger partial charge on any atom is 0.321 e. The highest BCUT2D eigenvalue weighted by Crippen LogP contribution is 2.20. The Kier molecular flexibility index (Phi) is 3.88. The molecule has 0 N–H and O–H groups in total. The molecule has 0 aliphatic heterocycles. The molecule has 0 saturated heterocycles. The molecule has 16 heavy (non-hydrogen) atoms. The molecule has 0 radical (unpaired) electrons. The molecule has 0 aromatic heterocycles. The Bertz CT molecular complexity index is 512. The molecule has 0 aliphatic rings. The molecular formula is C9H8ClFO4S. The molecule has 88 valence electrons. The van der Waals surface area contributed by atoms with Gasteiger partial charge in [0.1, 0.15) is 5.82 Å². The predicted octanol–water partition coefficient (Wildman–Crippen LogP) is 1.43. The molecule has 1 rings (SSSR count). The van der Waals surface area contributed by atoms with E-state index in [0.717, 1.165) is 25.3 Å². The molecular weight excluding hydrogens is 259 g/mol. The lowest BCUT2D eigenvalue weighted by Crippen LogP contribution is -2.17. The second-order valence-electron chi connectivity index (χ2n) is 2.91. The Hall–Kier alpha value is -1.14. The highest BCUT2D eigenvalue weighted by atomic mass is 35.5. The molecule has 0 spiro atoms. The normalized spacial score (nSPS) is 11.2. The van der Waals surface area contributed by atoms with Crippen molar-refractivity contribution in [2.45, 2.75) is 4.90 Å². The monoisotopic (exact) mass is 266 g/mol. The summed E-state index contributed by atoms with van der Waals surface area (Å²) >= 11 is 5.43. The van der Waals surface area contributed by atoms with Gasteiger partial charge >= 0.3 is 5.97 Å². The van der Waals surface area contributed by atoms with Crippen molar-refractivity contribution in [3.8, 4) is 0 Å². The van der Waals surface area contributed by atoms with Gasteiger partial charge in [-0.2, -0.15) is 0 Å². The number of hydrogen-bond donors (Lipinski definition) is 0. The van der Waals surface area contributed by atoms with Gasteiger partial charge < -0.3 is 4.74 Å². The Morgan fingerprint density at radius 3 is 2.62 bits per heavy atom. The van der Waals surface area contributed by atoms with Crippen LogP contribution in [0.25, 0.3) is 0 Å². The zero-order valence-corrected chi connectivity index (χ0v) is 9.81. The molecule has 0 heterocycles. The Morgan fingerprint density at radius 1 is 1.50 bits per heavy atom. The van der Waals surface area contributed by atoms with Gasteiger partial charge in [-0.15, -0.1) is 0 Å². The maximum absolute atomic E-state index is 12.8. The van der Waals surface area contributed by atoms with Crippen molar-refractivity contribution < 1.29 is 22.3 Å². The molecule has 0 bridgehead atoms. The van der Waals surface area contributed by atoms with E-state index in [1.165, 1.54) is 0 Å². The Labute approximate surface area is 96.9 Å². The van der Waals surface area contributed by atoms with Gasteiger partial charge in [-0.05, 0) is 18.2 Å². The topological polar surface area (TPSA) is 60.4 Å². The van der Waals surface area contributed by atoms with Crippen LogP contribution >= 0.6 is 11.6 Å². The number of benzene rings is 1. The number of hydrogen-bond acceptors (Lipinski definition) is 4. The van der Waals surface area contributed by atoms with Crippen molar-refractivity contribution >= 4 is 27.4 Å². The summed E-state index contributed by atoms with van der Waals surface area (Å²) in [6.45, 7) is 0. The number of ether oxygens (including phenoxy) is 1. The number of carbonyl (C=O) groups is 1. The summed E-state index contributed by atoms with van der Waals surface area (Å²) in [5, 5.41) is -0.314. The summed E-state index contributed by atoms with van der Waals surface area (Å²) in [6.07, 6.45) is 0. The largest absolute Gasteiger partial charge is 0.468 e. The lowest BCUT2D eigenvalue weighted by molar-refractivity contribution is -0.137. The van der Waals surface area contributed by atoms with E-state index in [9.17, 15) is 17.6 Å². The van der Waals surface area contributed by atoms with E-state index in [0.29, 0.717) is 0 Å². The van der Waals surface area contributed by atoms with Crippen LogP contribution in [0.1, 0.15) is 0 Å². The van der Waals surface area contributed by atoms with E-state index in [-0.39, 0.29) is 9.92 Å². The first-order chi connectivity index (χ1) is 7.36. The van der Waals surface area contributed by atoms with Crippen molar-refractivity contribution in [1.29, 1.82) is 0 Å². The quantitative estimate of drug-likeness (QED) is 0.613. The molecule has 0 unspecified atom stereocenters. The van der Waals surface area contributed by atoms with Crippen LogP contribution in [0.2, 0.25) is 5.02 Å². The molecule has 7 heteroatoms. The van der Waals surface area contributed by atoms with Crippen LogP contribution in [-0.2, 0) is 19.4 Å². The number of esters is 1. The lowest BCUT2D eigenvalue weighted by atomic mass is 10.3. The first-order valence-corrected chi connectivity index (χ1v) is 6.14. The number of halogens is 2. The number of carbonyl (C=O) groups excluding carboxylic acids is 1. The highest BCUT2D eigenvalue weighted by molar-refractivity contribution is 7.92. The second kappa shape index (κ2) is 4.80. The van der Waals surface area contributed by atoms with E-state index in [1.54, 1.807) is 0 Å². The third-order valence-corrected chi connectivity index (χ3v) is 3.66. The third kappa shape index (κ3) is 2.93. The zero-order chi connectivity index (χ0) is 12.3. The average Bonchev–Trinajstić information content (AvgIpc) is 2.21. The molecule has 0 amide bonds. The molecule has 0 fully saturated rings. The van der Waals surface area contributed by atoms with Crippen LogP contribution < -0.4 is 0 Å². The van der Waals surface area contributed by atoms with Crippen LogP contribution in [0.15, 0.2) is 23.1 Å². The molecule has 0 saturated carbocycles. The summed E-state index contributed by atoms with van der Waals surface area (Å²) in [4.78, 5) is 10.6. The van der Waals surface area contributed by atoms with Gasteiger partial charge in [-0.3, -0.25) is 4.79 Å². The van der Waals surface area contributed by atoms with E-state index >= 15 is 0 Å². The van der Waals surface area contributed by atoms with Crippen LogP contribution in [0, 0.1) is 5.82 Å². The molecule has 0 aliphatic carbocycles. The standard InChI is InChI=1S/C9H8ClFO4S/c1-15-9(12)5-16(13,14)6-2-3-8(11)7(10)4-6/h2-4H,5H2,1H3.